The number of rotatable bonds is 6. The van der Waals surface area contributed by atoms with Gasteiger partial charge in [0.25, 0.3) is 11.8 Å². The highest BCUT2D eigenvalue weighted by Crippen LogP contribution is 2.18. The van der Waals surface area contributed by atoms with Crippen molar-refractivity contribution in [2.45, 2.75) is 26.9 Å². The highest BCUT2D eigenvalue weighted by molar-refractivity contribution is 7.09. The Morgan fingerprint density at radius 3 is 2.56 bits per heavy atom. The van der Waals surface area contributed by atoms with Gasteiger partial charge in [0, 0.05) is 17.1 Å². The first-order valence-corrected chi connectivity index (χ1v) is 11.6. The highest BCUT2D eigenvalue weighted by atomic mass is 35.5. The molecule has 0 unspecified atom stereocenters. The molecule has 34 heavy (non-hydrogen) atoms. The number of aryl methyl sites for hydroxylation is 1. The smallest absolute Gasteiger partial charge is 0.287 e. The number of halogens is 2. The summed E-state index contributed by atoms with van der Waals surface area (Å²) in [4.78, 5) is 31.0. The van der Waals surface area contributed by atoms with Gasteiger partial charge in [0.1, 0.15) is 11.6 Å². The predicted octanol–water partition coefficient (Wildman–Crippen LogP) is 5.27. The second-order valence-corrected chi connectivity index (χ2v) is 9.17. The van der Waals surface area contributed by atoms with Crippen LogP contribution in [0.5, 0.6) is 0 Å². The number of carbonyl (C=O) groups is 2. The van der Waals surface area contributed by atoms with Crippen LogP contribution in [0.3, 0.4) is 0 Å². The molecular weight excluding hydrogens is 477 g/mol. The fraction of sp³-hybridized carbons (Fsp3) is 0.160. The average Bonchev–Trinajstić information content (AvgIpc) is 3.39. The first-order valence-electron chi connectivity index (χ1n) is 10.4. The second-order valence-electron chi connectivity index (χ2n) is 7.58. The number of thiazole rings is 1. The molecule has 2 amide bonds. The lowest BCUT2D eigenvalue weighted by molar-refractivity contribution is 0.0920. The molecule has 4 aromatic rings. The second kappa shape index (κ2) is 10.2. The SMILES string of the molecule is Cc1sc(=NC(=O)c2ccccc2Cl)n(Cc2ccc(C(=O)NCc3ccc(F)cc3)o2)c1C. The Hall–Kier alpha value is -3.49. The maximum Gasteiger partial charge on any atom is 0.287 e. The van der Waals surface area contributed by atoms with Crippen LogP contribution in [0.2, 0.25) is 5.02 Å². The average molecular weight is 498 g/mol. The summed E-state index contributed by atoms with van der Waals surface area (Å²) in [6.07, 6.45) is 0. The molecule has 0 saturated carbocycles. The van der Waals surface area contributed by atoms with Gasteiger partial charge >= 0.3 is 0 Å². The standard InChI is InChI=1S/C25H21ClFN3O3S/c1-15-16(2)34-25(29-23(31)20-5-3-4-6-21(20)26)30(15)14-19-11-12-22(33-19)24(32)28-13-17-7-9-18(27)10-8-17/h3-12H,13-14H2,1-2H3,(H,28,32). The van der Waals surface area contributed by atoms with E-state index in [1.165, 1.54) is 23.5 Å². The van der Waals surface area contributed by atoms with Crippen LogP contribution in [-0.4, -0.2) is 16.4 Å². The molecular formula is C25H21ClFN3O3S. The van der Waals surface area contributed by atoms with Gasteiger partial charge in [0.15, 0.2) is 10.6 Å². The molecule has 1 N–H and O–H groups in total. The predicted molar refractivity (Wildman–Crippen MR) is 129 cm³/mol. The van der Waals surface area contributed by atoms with Gasteiger partial charge in [0.2, 0.25) is 0 Å². The monoisotopic (exact) mass is 497 g/mol. The van der Waals surface area contributed by atoms with Crippen LogP contribution in [0.25, 0.3) is 0 Å². The Kier molecular flexibility index (Phi) is 7.09. The lowest BCUT2D eigenvalue weighted by Gasteiger charge is -2.05. The van der Waals surface area contributed by atoms with Crippen molar-refractivity contribution in [3.63, 3.8) is 0 Å². The topological polar surface area (TPSA) is 76.6 Å². The van der Waals surface area contributed by atoms with Crippen molar-refractivity contribution < 1.29 is 18.4 Å². The summed E-state index contributed by atoms with van der Waals surface area (Å²) in [7, 11) is 0. The highest BCUT2D eigenvalue weighted by Gasteiger charge is 2.15. The fourth-order valence-corrected chi connectivity index (χ4v) is 4.45. The first-order chi connectivity index (χ1) is 16.3. The van der Waals surface area contributed by atoms with E-state index < -0.39 is 5.91 Å². The summed E-state index contributed by atoms with van der Waals surface area (Å²) in [6, 6.07) is 16.0. The van der Waals surface area contributed by atoms with E-state index in [-0.39, 0.29) is 24.0 Å². The largest absolute Gasteiger partial charge is 0.454 e. The molecule has 0 aliphatic carbocycles. The summed E-state index contributed by atoms with van der Waals surface area (Å²) >= 11 is 7.54. The zero-order chi connectivity index (χ0) is 24.2. The number of furan rings is 1. The molecule has 0 radical (unpaired) electrons. The Labute approximate surface area is 204 Å². The number of amides is 2. The maximum absolute atomic E-state index is 13.0. The molecule has 2 aromatic carbocycles. The van der Waals surface area contributed by atoms with E-state index in [9.17, 15) is 14.0 Å². The number of hydrogen-bond donors (Lipinski definition) is 1. The van der Waals surface area contributed by atoms with E-state index in [1.54, 1.807) is 48.5 Å². The van der Waals surface area contributed by atoms with E-state index in [0.717, 1.165) is 16.1 Å². The number of hydrogen-bond acceptors (Lipinski definition) is 4. The maximum atomic E-state index is 13.0. The lowest BCUT2D eigenvalue weighted by Crippen LogP contribution is -2.22. The third-order valence-corrected chi connectivity index (χ3v) is 6.68. The number of nitrogens with zero attached hydrogens (tertiary/aromatic N) is 2. The molecule has 0 atom stereocenters. The van der Waals surface area contributed by atoms with Crippen LogP contribution < -0.4 is 10.1 Å². The summed E-state index contributed by atoms with van der Waals surface area (Å²) in [5.74, 6) is -0.437. The molecule has 6 nitrogen and oxygen atoms in total. The third kappa shape index (κ3) is 5.35. The van der Waals surface area contributed by atoms with Crippen LogP contribution >= 0.6 is 22.9 Å². The van der Waals surface area contributed by atoms with Gasteiger partial charge in [-0.25, -0.2) is 4.39 Å². The molecule has 0 fully saturated rings. The quantitative estimate of drug-likeness (QED) is 0.394. The zero-order valence-electron chi connectivity index (χ0n) is 18.5. The van der Waals surface area contributed by atoms with Crippen molar-refractivity contribution in [3.8, 4) is 0 Å². The minimum absolute atomic E-state index is 0.160. The number of aromatic nitrogens is 1. The Bertz CT molecular complexity index is 1420. The minimum Gasteiger partial charge on any atom is -0.454 e. The number of benzene rings is 2. The molecule has 2 aromatic heterocycles. The molecule has 2 heterocycles. The van der Waals surface area contributed by atoms with Gasteiger partial charge in [-0.2, -0.15) is 4.99 Å². The van der Waals surface area contributed by atoms with Gasteiger partial charge in [-0.05, 0) is 55.8 Å². The summed E-state index contributed by atoms with van der Waals surface area (Å²) < 4.78 is 20.6. The molecule has 4 rings (SSSR count). The molecule has 0 spiro atoms. The number of nitrogens with one attached hydrogen (secondary N) is 1. The van der Waals surface area contributed by atoms with Crippen LogP contribution in [0, 0.1) is 19.7 Å². The molecule has 0 bridgehead atoms. The van der Waals surface area contributed by atoms with E-state index in [2.05, 4.69) is 10.3 Å². The lowest BCUT2D eigenvalue weighted by atomic mass is 10.2. The molecule has 0 aliphatic heterocycles. The van der Waals surface area contributed by atoms with Gasteiger partial charge in [-0.1, -0.05) is 35.9 Å². The van der Waals surface area contributed by atoms with Crippen molar-refractivity contribution in [1.82, 2.24) is 9.88 Å². The minimum atomic E-state index is -0.430. The van der Waals surface area contributed by atoms with Gasteiger partial charge in [-0.15, -0.1) is 11.3 Å². The number of carbonyl (C=O) groups excluding carboxylic acids is 2. The van der Waals surface area contributed by atoms with Crippen LogP contribution in [0.4, 0.5) is 4.39 Å². The van der Waals surface area contributed by atoms with Gasteiger partial charge in [0.05, 0.1) is 17.1 Å². The molecule has 174 valence electrons. The Morgan fingerprint density at radius 1 is 1.09 bits per heavy atom. The van der Waals surface area contributed by atoms with Gasteiger partial charge < -0.3 is 14.3 Å². The fourth-order valence-electron chi connectivity index (χ4n) is 3.26. The van der Waals surface area contributed by atoms with E-state index in [1.807, 2.05) is 18.4 Å². The van der Waals surface area contributed by atoms with Crippen LogP contribution in [-0.2, 0) is 13.1 Å². The third-order valence-electron chi connectivity index (χ3n) is 5.26. The summed E-state index contributed by atoms with van der Waals surface area (Å²) in [5.41, 5.74) is 2.04. The van der Waals surface area contributed by atoms with Crippen LogP contribution in [0.1, 0.15) is 42.8 Å². The van der Waals surface area contributed by atoms with Crippen molar-refractivity contribution in [1.29, 1.82) is 0 Å². The van der Waals surface area contributed by atoms with Crippen molar-refractivity contribution in [2.24, 2.45) is 4.99 Å². The molecule has 0 aliphatic rings. The zero-order valence-corrected chi connectivity index (χ0v) is 20.0. The Balaban J connectivity index is 1.51. The van der Waals surface area contributed by atoms with Crippen molar-refractivity contribution in [2.75, 3.05) is 0 Å². The summed E-state index contributed by atoms with van der Waals surface area (Å²) in [6.45, 7) is 4.44. The first kappa shape index (κ1) is 23.7. The van der Waals surface area contributed by atoms with E-state index in [0.29, 0.717) is 27.7 Å². The molecule has 9 heteroatoms. The van der Waals surface area contributed by atoms with E-state index >= 15 is 0 Å². The summed E-state index contributed by atoms with van der Waals surface area (Å²) in [5, 5.41) is 3.10. The molecule has 0 saturated heterocycles. The van der Waals surface area contributed by atoms with Gasteiger partial charge in [-0.3, -0.25) is 9.59 Å². The normalized spacial score (nSPS) is 11.6. The van der Waals surface area contributed by atoms with Crippen LogP contribution in [0.15, 0.2) is 70.1 Å². The van der Waals surface area contributed by atoms with Crippen molar-refractivity contribution in [3.05, 3.63) is 110 Å². The van der Waals surface area contributed by atoms with E-state index in [4.69, 9.17) is 16.0 Å². The van der Waals surface area contributed by atoms with Crippen molar-refractivity contribution >= 4 is 34.8 Å². The Morgan fingerprint density at radius 2 is 1.82 bits per heavy atom.